The molecule has 5 nitrogen and oxygen atoms in total. The molecule has 2 aliphatic rings. The third kappa shape index (κ3) is 2.78. The lowest BCUT2D eigenvalue weighted by atomic mass is 9.98. The number of hydrogen-bond acceptors (Lipinski definition) is 3. The molecule has 2 heterocycles. The zero-order valence-electron chi connectivity index (χ0n) is 13.9. The van der Waals surface area contributed by atoms with Crippen molar-refractivity contribution in [3.63, 3.8) is 0 Å². The molecule has 0 bridgehead atoms. The fourth-order valence-corrected chi connectivity index (χ4v) is 4.02. The van der Waals surface area contributed by atoms with Gasteiger partial charge >= 0.3 is 0 Å². The molecule has 0 fully saturated rings. The molecule has 1 aliphatic heterocycles. The molecule has 2 amide bonds. The summed E-state index contributed by atoms with van der Waals surface area (Å²) in [6.45, 7) is 2.13. The van der Waals surface area contributed by atoms with Crippen molar-refractivity contribution in [1.82, 2.24) is 10.3 Å². The molecule has 1 aromatic carbocycles. The number of amides is 2. The molecular weight excluding hydrogens is 338 g/mol. The molecule has 1 atom stereocenters. The number of nitrogens with one attached hydrogen (secondary N) is 1. The molecule has 2 aromatic rings. The molecule has 25 heavy (non-hydrogen) atoms. The number of benzene rings is 1. The van der Waals surface area contributed by atoms with E-state index in [1.807, 2.05) is 6.07 Å². The van der Waals surface area contributed by atoms with Crippen LogP contribution in [0.25, 0.3) is 0 Å². The van der Waals surface area contributed by atoms with Crippen LogP contribution in [-0.2, 0) is 17.6 Å². The lowest BCUT2D eigenvalue weighted by Crippen LogP contribution is -2.38. The highest BCUT2D eigenvalue weighted by atomic mass is 35.5. The number of anilines is 1. The Kier molecular flexibility index (Phi) is 3.96. The number of nitrogens with zero attached hydrogens (tertiary/aromatic N) is 2. The topological polar surface area (TPSA) is 62.3 Å². The van der Waals surface area contributed by atoms with Crippen LogP contribution in [0.15, 0.2) is 30.6 Å². The van der Waals surface area contributed by atoms with Gasteiger partial charge in [-0.05, 0) is 54.2 Å². The van der Waals surface area contributed by atoms with Crippen molar-refractivity contribution in [2.45, 2.75) is 32.2 Å². The minimum Gasteiger partial charge on any atom is -0.349 e. The minimum atomic E-state index is -0.0527. The molecule has 0 saturated carbocycles. The first kappa shape index (κ1) is 16.1. The van der Waals surface area contributed by atoms with Crippen molar-refractivity contribution in [2.24, 2.45) is 0 Å². The standard InChI is InChI=1S/C19H18ClN3O2/c1-11(24)22-17-5-4-15-16(17)9-21-10-18(15)23-7-6-12-8-13(20)2-3-14(12)19(23)25/h2-3,8-10,17H,4-7H2,1H3,(H,22,24). The largest absolute Gasteiger partial charge is 0.349 e. The highest BCUT2D eigenvalue weighted by Gasteiger charge is 2.32. The van der Waals surface area contributed by atoms with Crippen LogP contribution in [-0.4, -0.2) is 23.3 Å². The Morgan fingerprint density at radius 2 is 2.16 bits per heavy atom. The van der Waals surface area contributed by atoms with E-state index in [0.717, 1.165) is 41.6 Å². The smallest absolute Gasteiger partial charge is 0.258 e. The van der Waals surface area contributed by atoms with Gasteiger partial charge in [0.1, 0.15) is 0 Å². The molecule has 1 N–H and O–H groups in total. The number of carbonyl (C=O) groups is 2. The van der Waals surface area contributed by atoms with Gasteiger partial charge in [-0.1, -0.05) is 11.6 Å². The average Bonchev–Trinajstić information content (AvgIpc) is 2.98. The van der Waals surface area contributed by atoms with Gasteiger partial charge in [-0.2, -0.15) is 0 Å². The van der Waals surface area contributed by atoms with Gasteiger partial charge in [-0.3, -0.25) is 14.6 Å². The summed E-state index contributed by atoms with van der Waals surface area (Å²) in [5.41, 5.74) is 4.67. The zero-order chi connectivity index (χ0) is 17.6. The van der Waals surface area contributed by atoms with Crippen molar-refractivity contribution >= 4 is 29.1 Å². The Morgan fingerprint density at radius 3 is 2.96 bits per heavy atom. The van der Waals surface area contributed by atoms with E-state index in [0.29, 0.717) is 17.1 Å². The van der Waals surface area contributed by atoms with Gasteiger partial charge in [-0.25, -0.2) is 0 Å². The van der Waals surface area contributed by atoms with E-state index in [9.17, 15) is 9.59 Å². The summed E-state index contributed by atoms with van der Waals surface area (Å²) in [4.78, 5) is 30.5. The van der Waals surface area contributed by atoms with Gasteiger partial charge in [0.2, 0.25) is 5.91 Å². The number of pyridine rings is 1. The van der Waals surface area contributed by atoms with Gasteiger partial charge < -0.3 is 10.2 Å². The van der Waals surface area contributed by atoms with Crippen LogP contribution in [0.3, 0.4) is 0 Å². The SMILES string of the molecule is CC(=O)NC1CCc2c1cncc2N1CCc2cc(Cl)ccc2C1=O. The van der Waals surface area contributed by atoms with Crippen LogP contribution in [0, 0.1) is 0 Å². The van der Waals surface area contributed by atoms with Crippen molar-refractivity contribution in [2.75, 3.05) is 11.4 Å². The number of halogens is 1. The van der Waals surface area contributed by atoms with Gasteiger partial charge in [0.15, 0.2) is 0 Å². The Bertz CT molecular complexity index is 881. The molecule has 6 heteroatoms. The van der Waals surface area contributed by atoms with Crippen LogP contribution in [0.1, 0.15) is 46.4 Å². The van der Waals surface area contributed by atoms with Crippen LogP contribution in [0.5, 0.6) is 0 Å². The Balaban J connectivity index is 1.70. The molecular formula is C19H18ClN3O2. The van der Waals surface area contributed by atoms with E-state index in [4.69, 9.17) is 11.6 Å². The molecule has 1 aromatic heterocycles. The summed E-state index contributed by atoms with van der Waals surface area (Å²) >= 11 is 6.04. The first-order valence-electron chi connectivity index (χ1n) is 8.39. The fourth-order valence-electron chi connectivity index (χ4n) is 3.82. The predicted molar refractivity (Wildman–Crippen MR) is 95.9 cm³/mol. The lowest BCUT2D eigenvalue weighted by molar-refractivity contribution is -0.119. The molecule has 1 unspecified atom stereocenters. The second-order valence-electron chi connectivity index (χ2n) is 6.53. The number of rotatable bonds is 2. The predicted octanol–water partition coefficient (Wildman–Crippen LogP) is 3.06. The third-order valence-corrected chi connectivity index (χ3v) is 5.18. The minimum absolute atomic E-state index is 0.0175. The first-order valence-corrected chi connectivity index (χ1v) is 8.76. The quantitative estimate of drug-likeness (QED) is 0.900. The van der Waals surface area contributed by atoms with Gasteiger partial charge in [0.25, 0.3) is 5.91 Å². The van der Waals surface area contributed by atoms with Crippen LogP contribution >= 0.6 is 11.6 Å². The van der Waals surface area contributed by atoms with Crippen LogP contribution < -0.4 is 10.2 Å². The number of aromatic nitrogens is 1. The van der Waals surface area contributed by atoms with E-state index in [-0.39, 0.29) is 17.9 Å². The first-order chi connectivity index (χ1) is 12.0. The van der Waals surface area contributed by atoms with E-state index in [2.05, 4.69) is 10.3 Å². The summed E-state index contributed by atoms with van der Waals surface area (Å²) in [6.07, 6.45) is 5.99. The summed E-state index contributed by atoms with van der Waals surface area (Å²) in [7, 11) is 0. The second-order valence-corrected chi connectivity index (χ2v) is 6.96. The average molecular weight is 356 g/mol. The summed E-state index contributed by atoms with van der Waals surface area (Å²) < 4.78 is 0. The maximum absolute atomic E-state index is 13.0. The van der Waals surface area contributed by atoms with Crippen LogP contribution in [0.2, 0.25) is 5.02 Å². The molecule has 4 rings (SSSR count). The number of hydrogen-bond donors (Lipinski definition) is 1. The van der Waals surface area contributed by atoms with Crippen molar-refractivity contribution in [1.29, 1.82) is 0 Å². The van der Waals surface area contributed by atoms with Crippen molar-refractivity contribution in [3.8, 4) is 0 Å². The van der Waals surface area contributed by atoms with Gasteiger partial charge in [0.05, 0.1) is 17.9 Å². The Morgan fingerprint density at radius 1 is 1.32 bits per heavy atom. The fraction of sp³-hybridized carbons (Fsp3) is 0.316. The van der Waals surface area contributed by atoms with Crippen LogP contribution in [0.4, 0.5) is 5.69 Å². The summed E-state index contributed by atoms with van der Waals surface area (Å²) in [5, 5.41) is 3.62. The molecule has 128 valence electrons. The molecule has 1 aliphatic carbocycles. The van der Waals surface area contributed by atoms with Gasteiger partial charge in [0, 0.05) is 30.3 Å². The maximum Gasteiger partial charge on any atom is 0.258 e. The number of fused-ring (bicyclic) bond motifs is 2. The van der Waals surface area contributed by atoms with Crippen molar-refractivity contribution in [3.05, 3.63) is 57.9 Å². The zero-order valence-corrected chi connectivity index (χ0v) is 14.6. The van der Waals surface area contributed by atoms with E-state index in [1.165, 1.54) is 6.92 Å². The summed E-state index contributed by atoms with van der Waals surface area (Å²) in [5.74, 6) is -0.0702. The molecule has 0 saturated heterocycles. The highest BCUT2D eigenvalue weighted by molar-refractivity contribution is 6.30. The van der Waals surface area contributed by atoms with E-state index < -0.39 is 0 Å². The molecule has 0 radical (unpaired) electrons. The van der Waals surface area contributed by atoms with Crippen molar-refractivity contribution < 1.29 is 9.59 Å². The highest BCUT2D eigenvalue weighted by Crippen LogP contribution is 2.38. The molecule has 0 spiro atoms. The maximum atomic E-state index is 13.0. The van der Waals surface area contributed by atoms with Gasteiger partial charge in [-0.15, -0.1) is 0 Å². The Hall–Kier alpha value is -2.40. The monoisotopic (exact) mass is 355 g/mol. The second kappa shape index (κ2) is 6.15. The Labute approximate surface area is 151 Å². The number of carbonyl (C=O) groups excluding carboxylic acids is 2. The lowest BCUT2D eigenvalue weighted by Gasteiger charge is -2.30. The van der Waals surface area contributed by atoms with E-state index in [1.54, 1.807) is 29.4 Å². The summed E-state index contributed by atoms with van der Waals surface area (Å²) in [6, 6.07) is 5.39. The van der Waals surface area contributed by atoms with E-state index >= 15 is 0 Å². The normalized spacial score (nSPS) is 18.7. The third-order valence-electron chi connectivity index (χ3n) is 4.94.